The molecule has 3 aromatic carbocycles. The Morgan fingerprint density at radius 2 is 1.12 bits per heavy atom. The molecule has 1 aliphatic carbocycles. The summed E-state index contributed by atoms with van der Waals surface area (Å²) in [5.41, 5.74) is 1.59. The van der Waals surface area contributed by atoms with Crippen LogP contribution in [0.1, 0.15) is 56.9 Å². The number of hydrogen-bond acceptors (Lipinski definition) is 0. The minimum Gasteiger partial charge on any atom is -0.0616 e. The Morgan fingerprint density at radius 1 is 0.625 bits per heavy atom. The molecular formula is C24H28. The van der Waals surface area contributed by atoms with Gasteiger partial charge in [0.15, 0.2) is 0 Å². The van der Waals surface area contributed by atoms with E-state index >= 15 is 0 Å². The van der Waals surface area contributed by atoms with Gasteiger partial charge in [-0.25, -0.2) is 0 Å². The molecule has 0 atom stereocenters. The van der Waals surface area contributed by atoms with Gasteiger partial charge in [0.05, 0.1) is 0 Å². The summed E-state index contributed by atoms with van der Waals surface area (Å²) in [6.07, 6.45) is 12.7. The molecule has 4 rings (SSSR count). The maximum Gasteiger partial charge on any atom is -0.0145 e. The topological polar surface area (TPSA) is 0 Å². The fraction of sp³-hybridized carbons (Fsp3) is 0.417. The summed E-state index contributed by atoms with van der Waals surface area (Å²) < 4.78 is 0. The molecule has 1 fully saturated rings. The van der Waals surface area contributed by atoms with Crippen LogP contribution in [0.5, 0.6) is 0 Å². The van der Waals surface area contributed by atoms with Crippen LogP contribution in [-0.4, -0.2) is 0 Å². The van der Waals surface area contributed by atoms with E-state index in [4.69, 9.17) is 0 Å². The zero-order chi connectivity index (χ0) is 16.2. The first kappa shape index (κ1) is 15.7. The van der Waals surface area contributed by atoms with Crippen molar-refractivity contribution in [3.8, 4) is 0 Å². The van der Waals surface area contributed by atoms with Crippen molar-refractivity contribution in [3.05, 3.63) is 60.2 Å². The van der Waals surface area contributed by atoms with Gasteiger partial charge < -0.3 is 0 Å². The van der Waals surface area contributed by atoms with Gasteiger partial charge in [-0.15, -0.1) is 0 Å². The minimum atomic E-state index is 0.859. The molecule has 0 N–H and O–H groups in total. The second-order valence-corrected chi connectivity index (χ2v) is 7.57. The molecule has 0 nitrogen and oxygen atoms in total. The summed E-state index contributed by atoms with van der Waals surface area (Å²) in [7, 11) is 0. The summed E-state index contributed by atoms with van der Waals surface area (Å²) in [5, 5.41) is 5.73. The number of hydrogen-bond donors (Lipinski definition) is 0. The Hall–Kier alpha value is -1.82. The maximum atomic E-state index is 2.36. The van der Waals surface area contributed by atoms with Gasteiger partial charge in [0.2, 0.25) is 0 Å². The molecule has 0 amide bonds. The van der Waals surface area contributed by atoms with Gasteiger partial charge in [0.1, 0.15) is 0 Å². The van der Waals surface area contributed by atoms with Crippen molar-refractivity contribution in [2.45, 2.75) is 57.8 Å². The lowest BCUT2D eigenvalue weighted by Crippen LogP contribution is -2.06. The minimum absolute atomic E-state index is 0.859. The molecule has 3 aromatic rings. The van der Waals surface area contributed by atoms with E-state index in [2.05, 4.69) is 54.6 Å². The molecule has 0 saturated heterocycles. The molecule has 0 heteroatoms. The van der Waals surface area contributed by atoms with E-state index in [1.54, 1.807) is 5.56 Å². The summed E-state index contributed by atoms with van der Waals surface area (Å²) >= 11 is 0. The summed E-state index contributed by atoms with van der Waals surface area (Å²) in [5.74, 6) is 0.859. The molecule has 0 spiro atoms. The lowest BCUT2D eigenvalue weighted by molar-refractivity contribution is 0.427. The standard InChI is InChI=1S/C24H28/c1-2-4-6-12-19(11-5-3-1)17-24-22-15-9-7-13-20(22)18-21-14-8-10-16-23(21)24/h7-10,13-16,18-19H,1-6,11-12,17H2. The smallest absolute Gasteiger partial charge is 0.0145 e. The largest absolute Gasteiger partial charge is 0.0616 e. The third-order valence-corrected chi connectivity index (χ3v) is 5.85. The summed E-state index contributed by atoms with van der Waals surface area (Å²) in [4.78, 5) is 0. The second kappa shape index (κ2) is 7.38. The number of rotatable bonds is 2. The zero-order valence-corrected chi connectivity index (χ0v) is 14.6. The van der Waals surface area contributed by atoms with Crippen molar-refractivity contribution >= 4 is 21.5 Å². The monoisotopic (exact) mass is 316 g/mol. The molecule has 0 radical (unpaired) electrons. The van der Waals surface area contributed by atoms with Crippen LogP contribution in [0.4, 0.5) is 0 Å². The van der Waals surface area contributed by atoms with E-state index in [1.165, 1.54) is 79.3 Å². The van der Waals surface area contributed by atoms with Crippen molar-refractivity contribution < 1.29 is 0 Å². The average molecular weight is 316 g/mol. The van der Waals surface area contributed by atoms with Gasteiger partial charge in [0.25, 0.3) is 0 Å². The van der Waals surface area contributed by atoms with E-state index in [0.29, 0.717) is 0 Å². The lowest BCUT2D eigenvalue weighted by Gasteiger charge is -2.19. The van der Waals surface area contributed by atoms with Crippen molar-refractivity contribution in [2.24, 2.45) is 5.92 Å². The first-order valence-electron chi connectivity index (χ1n) is 9.81. The predicted octanol–water partition coefficient (Wildman–Crippen LogP) is 7.29. The van der Waals surface area contributed by atoms with E-state index in [-0.39, 0.29) is 0 Å². The lowest BCUT2D eigenvalue weighted by atomic mass is 9.86. The van der Waals surface area contributed by atoms with Gasteiger partial charge >= 0.3 is 0 Å². The van der Waals surface area contributed by atoms with E-state index in [0.717, 1.165) is 5.92 Å². The molecule has 0 unspecified atom stereocenters. The van der Waals surface area contributed by atoms with Crippen molar-refractivity contribution in [2.75, 3.05) is 0 Å². The Morgan fingerprint density at radius 3 is 1.71 bits per heavy atom. The Balaban J connectivity index is 1.75. The number of fused-ring (bicyclic) bond motifs is 2. The Kier molecular flexibility index (Phi) is 4.83. The normalized spacial score (nSPS) is 17.5. The highest BCUT2D eigenvalue weighted by Crippen LogP contribution is 2.33. The summed E-state index contributed by atoms with van der Waals surface area (Å²) in [6.45, 7) is 0. The van der Waals surface area contributed by atoms with E-state index < -0.39 is 0 Å². The van der Waals surface area contributed by atoms with Crippen LogP contribution in [0.2, 0.25) is 0 Å². The van der Waals surface area contributed by atoms with Crippen LogP contribution in [-0.2, 0) is 6.42 Å². The third-order valence-electron chi connectivity index (χ3n) is 5.85. The maximum absolute atomic E-state index is 2.36. The SMILES string of the molecule is c1ccc2c(CC3CCCCCCCC3)c3ccccc3cc2c1. The molecule has 0 aliphatic heterocycles. The van der Waals surface area contributed by atoms with Gasteiger partial charge in [-0.2, -0.15) is 0 Å². The summed E-state index contributed by atoms with van der Waals surface area (Å²) in [6, 6.07) is 20.3. The quantitative estimate of drug-likeness (QED) is 0.435. The van der Waals surface area contributed by atoms with Crippen molar-refractivity contribution in [1.82, 2.24) is 0 Å². The van der Waals surface area contributed by atoms with Crippen LogP contribution in [0.15, 0.2) is 54.6 Å². The fourth-order valence-corrected chi connectivity index (χ4v) is 4.54. The highest BCUT2D eigenvalue weighted by molar-refractivity contribution is 6.02. The highest BCUT2D eigenvalue weighted by Gasteiger charge is 2.15. The Labute approximate surface area is 145 Å². The molecular weight excluding hydrogens is 288 g/mol. The molecule has 1 aliphatic rings. The molecule has 24 heavy (non-hydrogen) atoms. The number of benzene rings is 3. The fourth-order valence-electron chi connectivity index (χ4n) is 4.54. The van der Waals surface area contributed by atoms with Crippen molar-refractivity contribution in [3.63, 3.8) is 0 Å². The average Bonchev–Trinajstić information content (AvgIpc) is 2.75. The first-order chi connectivity index (χ1) is 11.9. The van der Waals surface area contributed by atoms with E-state index in [9.17, 15) is 0 Å². The predicted molar refractivity (Wildman–Crippen MR) is 106 cm³/mol. The molecule has 0 aromatic heterocycles. The van der Waals surface area contributed by atoms with E-state index in [1.807, 2.05) is 0 Å². The zero-order valence-electron chi connectivity index (χ0n) is 14.6. The first-order valence-corrected chi connectivity index (χ1v) is 9.81. The van der Waals surface area contributed by atoms with Gasteiger partial charge in [0, 0.05) is 0 Å². The van der Waals surface area contributed by atoms with Crippen LogP contribution in [0.25, 0.3) is 21.5 Å². The second-order valence-electron chi connectivity index (χ2n) is 7.57. The van der Waals surface area contributed by atoms with Crippen LogP contribution < -0.4 is 0 Å². The highest BCUT2D eigenvalue weighted by atomic mass is 14.2. The van der Waals surface area contributed by atoms with Crippen LogP contribution >= 0.6 is 0 Å². The van der Waals surface area contributed by atoms with Gasteiger partial charge in [-0.1, -0.05) is 99.9 Å². The molecule has 1 saturated carbocycles. The third kappa shape index (κ3) is 3.34. The molecule has 0 bridgehead atoms. The Bertz CT molecular complexity index is 751. The van der Waals surface area contributed by atoms with Gasteiger partial charge in [-0.3, -0.25) is 0 Å². The van der Waals surface area contributed by atoms with Crippen LogP contribution in [0, 0.1) is 5.92 Å². The van der Waals surface area contributed by atoms with Gasteiger partial charge in [-0.05, 0) is 45.5 Å². The molecule has 0 heterocycles. The van der Waals surface area contributed by atoms with Crippen LogP contribution in [0.3, 0.4) is 0 Å². The molecule has 124 valence electrons. The van der Waals surface area contributed by atoms with Crippen molar-refractivity contribution in [1.29, 1.82) is 0 Å².